The Labute approximate surface area is 111 Å². The van der Waals surface area contributed by atoms with Gasteiger partial charge in [-0.05, 0) is 26.0 Å². The summed E-state index contributed by atoms with van der Waals surface area (Å²) in [6.07, 6.45) is 0. The van der Waals surface area contributed by atoms with E-state index in [1.54, 1.807) is 4.90 Å². The number of urea groups is 1. The first kappa shape index (κ1) is 15.2. The number of carbonyl (C=O) groups is 1. The summed E-state index contributed by atoms with van der Waals surface area (Å²) in [7, 11) is 0. The maximum atomic E-state index is 12.9. The third-order valence-corrected chi connectivity index (χ3v) is 2.59. The average molecular weight is 272 g/mol. The molecule has 0 saturated carbocycles. The Morgan fingerprint density at radius 3 is 2.53 bits per heavy atom. The second-order valence-electron chi connectivity index (χ2n) is 3.83. The summed E-state index contributed by atoms with van der Waals surface area (Å²) >= 11 is 0. The molecule has 0 atom stereocenters. The van der Waals surface area contributed by atoms with Crippen LogP contribution in [0.4, 0.5) is 13.6 Å². The molecule has 0 radical (unpaired) electrons. The third kappa shape index (κ3) is 4.73. The van der Waals surface area contributed by atoms with Gasteiger partial charge in [0.15, 0.2) is 11.6 Å². The predicted molar refractivity (Wildman–Crippen MR) is 68.2 cm³/mol. The zero-order valence-corrected chi connectivity index (χ0v) is 11.1. The molecule has 0 unspecified atom stereocenters. The van der Waals surface area contributed by atoms with Crippen LogP contribution >= 0.6 is 0 Å². The molecule has 6 heteroatoms. The molecule has 1 N–H and O–H groups in total. The van der Waals surface area contributed by atoms with Crippen LogP contribution in [0.15, 0.2) is 18.2 Å². The van der Waals surface area contributed by atoms with E-state index >= 15 is 0 Å². The summed E-state index contributed by atoms with van der Waals surface area (Å²) in [6, 6.07) is 3.14. The van der Waals surface area contributed by atoms with Crippen LogP contribution in [0.3, 0.4) is 0 Å². The number of benzene rings is 1. The average Bonchev–Trinajstić information content (AvgIpc) is 2.40. The molecule has 1 aromatic rings. The van der Waals surface area contributed by atoms with Gasteiger partial charge in [0.25, 0.3) is 0 Å². The van der Waals surface area contributed by atoms with Gasteiger partial charge < -0.3 is 15.0 Å². The molecule has 0 spiro atoms. The number of hydrogen-bond acceptors (Lipinski definition) is 2. The molecule has 0 saturated heterocycles. The summed E-state index contributed by atoms with van der Waals surface area (Å²) in [6.45, 7) is 5.53. The van der Waals surface area contributed by atoms with E-state index in [0.29, 0.717) is 19.6 Å². The Morgan fingerprint density at radius 2 is 1.95 bits per heavy atom. The third-order valence-electron chi connectivity index (χ3n) is 2.59. The molecular formula is C13H18F2N2O2. The molecule has 19 heavy (non-hydrogen) atoms. The van der Waals surface area contributed by atoms with Crippen molar-refractivity contribution in [2.75, 3.05) is 26.2 Å². The lowest BCUT2D eigenvalue weighted by atomic mass is 10.3. The van der Waals surface area contributed by atoms with E-state index in [9.17, 15) is 13.6 Å². The normalized spacial score (nSPS) is 10.1. The number of halogens is 2. The predicted octanol–water partition coefficient (Wildman–Crippen LogP) is 2.40. The standard InChI is InChI=1S/C13H18F2N2O2/c1-3-17(4-2)13(18)16-7-8-19-10-5-6-11(14)12(15)9-10/h5-6,9H,3-4,7-8H2,1-2H3,(H,16,18). The van der Waals surface area contributed by atoms with E-state index in [4.69, 9.17) is 4.74 Å². The van der Waals surface area contributed by atoms with Crippen LogP contribution in [0, 0.1) is 11.6 Å². The Kier molecular flexibility index (Phi) is 6.05. The molecule has 0 aliphatic heterocycles. The van der Waals surface area contributed by atoms with Gasteiger partial charge in [0.2, 0.25) is 0 Å². The summed E-state index contributed by atoms with van der Waals surface area (Å²) in [5.74, 6) is -1.64. The molecule has 2 amide bonds. The van der Waals surface area contributed by atoms with E-state index in [2.05, 4.69) is 5.32 Å². The Balaban J connectivity index is 2.31. The highest BCUT2D eigenvalue weighted by Gasteiger charge is 2.08. The van der Waals surface area contributed by atoms with Crippen molar-refractivity contribution < 1.29 is 18.3 Å². The minimum absolute atomic E-state index is 0.168. The Hall–Kier alpha value is -1.85. The highest BCUT2D eigenvalue weighted by molar-refractivity contribution is 5.73. The van der Waals surface area contributed by atoms with Crippen molar-refractivity contribution in [2.45, 2.75) is 13.8 Å². The topological polar surface area (TPSA) is 41.6 Å². The number of amides is 2. The molecule has 1 rings (SSSR count). The van der Waals surface area contributed by atoms with Gasteiger partial charge >= 0.3 is 6.03 Å². The van der Waals surface area contributed by atoms with Gasteiger partial charge in [-0.2, -0.15) is 0 Å². The van der Waals surface area contributed by atoms with E-state index in [-0.39, 0.29) is 18.4 Å². The first-order chi connectivity index (χ1) is 9.08. The molecule has 1 aromatic carbocycles. The molecule has 0 heterocycles. The van der Waals surface area contributed by atoms with Crippen LogP contribution in [-0.2, 0) is 0 Å². The maximum Gasteiger partial charge on any atom is 0.317 e. The maximum absolute atomic E-state index is 12.9. The van der Waals surface area contributed by atoms with E-state index in [1.807, 2.05) is 13.8 Å². The molecule has 0 fully saturated rings. The van der Waals surface area contributed by atoms with E-state index in [1.165, 1.54) is 6.07 Å². The van der Waals surface area contributed by atoms with Crippen molar-refractivity contribution in [3.8, 4) is 5.75 Å². The lowest BCUT2D eigenvalue weighted by molar-refractivity contribution is 0.200. The molecule has 0 aliphatic rings. The van der Waals surface area contributed by atoms with Crippen LogP contribution < -0.4 is 10.1 Å². The monoisotopic (exact) mass is 272 g/mol. The van der Waals surface area contributed by atoms with Crippen molar-refractivity contribution >= 4 is 6.03 Å². The van der Waals surface area contributed by atoms with Crippen LogP contribution in [0.1, 0.15) is 13.8 Å². The highest BCUT2D eigenvalue weighted by Crippen LogP contribution is 2.14. The van der Waals surface area contributed by atoms with Crippen LogP contribution in [-0.4, -0.2) is 37.2 Å². The molecule has 0 aliphatic carbocycles. The number of carbonyl (C=O) groups excluding carboxylic acids is 1. The van der Waals surface area contributed by atoms with Crippen LogP contribution in [0.25, 0.3) is 0 Å². The van der Waals surface area contributed by atoms with Crippen molar-refractivity contribution in [3.05, 3.63) is 29.8 Å². The first-order valence-electron chi connectivity index (χ1n) is 6.19. The van der Waals surface area contributed by atoms with Gasteiger partial charge in [0, 0.05) is 19.2 Å². The van der Waals surface area contributed by atoms with Gasteiger partial charge in [-0.15, -0.1) is 0 Å². The minimum atomic E-state index is -0.954. The SMILES string of the molecule is CCN(CC)C(=O)NCCOc1ccc(F)c(F)c1. The smallest absolute Gasteiger partial charge is 0.317 e. The number of rotatable bonds is 6. The molecule has 106 valence electrons. The fraction of sp³-hybridized carbons (Fsp3) is 0.462. The number of nitrogens with zero attached hydrogens (tertiary/aromatic N) is 1. The van der Waals surface area contributed by atoms with Crippen molar-refractivity contribution in [3.63, 3.8) is 0 Å². The molecule has 0 bridgehead atoms. The zero-order chi connectivity index (χ0) is 14.3. The molecule has 4 nitrogen and oxygen atoms in total. The van der Waals surface area contributed by atoms with Gasteiger partial charge in [0.1, 0.15) is 12.4 Å². The lowest BCUT2D eigenvalue weighted by Crippen LogP contribution is -2.41. The fourth-order valence-electron chi connectivity index (χ4n) is 1.52. The second kappa shape index (κ2) is 7.56. The number of hydrogen-bond donors (Lipinski definition) is 1. The second-order valence-corrected chi connectivity index (χ2v) is 3.83. The minimum Gasteiger partial charge on any atom is -0.492 e. The van der Waals surface area contributed by atoms with Gasteiger partial charge in [-0.25, -0.2) is 13.6 Å². The highest BCUT2D eigenvalue weighted by atomic mass is 19.2. The quantitative estimate of drug-likeness (QED) is 0.808. The molecule has 0 aromatic heterocycles. The summed E-state index contributed by atoms with van der Waals surface area (Å²) in [4.78, 5) is 13.2. The van der Waals surface area contributed by atoms with E-state index < -0.39 is 11.6 Å². The Morgan fingerprint density at radius 1 is 1.26 bits per heavy atom. The van der Waals surface area contributed by atoms with Crippen molar-refractivity contribution in [1.82, 2.24) is 10.2 Å². The fourth-order valence-corrected chi connectivity index (χ4v) is 1.52. The number of nitrogens with one attached hydrogen (secondary N) is 1. The summed E-state index contributed by atoms with van der Waals surface area (Å²) < 4.78 is 30.7. The van der Waals surface area contributed by atoms with Crippen molar-refractivity contribution in [1.29, 1.82) is 0 Å². The van der Waals surface area contributed by atoms with E-state index in [0.717, 1.165) is 12.1 Å². The summed E-state index contributed by atoms with van der Waals surface area (Å²) in [5, 5.41) is 2.68. The van der Waals surface area contributed by atoms with Crippen LogP contribution in [0.5, 0.6) is 5.75 Å². The van der Waals surface area contributed by atoms with Crippen LogP contribution in [0.2, 0.25) is 0 Å². The van der Waals surface area contributed by atoms with Gasteiger partial charge in [-0.3, -0.25) is 0 Å². The first-order valence-corrected chi connectivity index (χ1v) is 6.19. The zero-order valence-electron chi connectivity index (χ0n) is 11.1. The summed E-state index contributed by atoms with van der Waals surface area (Å²) in [5.41, 5.74) is 0. The Bertz CT molecular complexity index is 423. The lowest BCUT2D eigenvalue weighted by Gasteiger charge is -2.19. The van der Waals surface area contributed by atoms with Crippen molar-refractivity contribution in [2.24, 2.45) is 0 Å². The van der Waals surface area contributed by atoms with Gasteiger partial charge in [-0.1, -0.05) is 0 Å². The van der Waals surface area contributed by atoms with Gasteiger partial charge in [0.05, 0.1) is 6.54 Å². The number of ether oxygens (including phenoxy) is 1. The largest absolute Gasteiger partial charge is 0.492 e. The molecular weight excluding hydrogens is 254 g/mol.